The van der Waals surface area contributed by atoms with E-state index in [0.717, 1.165) is 35.5 Å². The molecule has 3 nitrogen and oxygen atoms in total. The number of aryl methyl sites for hydroxylation is 1. The maximum Gasteiger partial charge on any atom is 0.0514 e. The van der Waals surface area contributed by atoms with Gasteiger partial charge in [0.15, 0.2) is 0 Å². The summed E-state index contributed by atoms with van der Waals surface area (Å²) in [4.78, 5) is 0. The monoisotopic (exact) mass is 517 g/mol. The van der Waals surface area contributed by atoms with Crippen LogP contribution in [0.4, 0.5) is 11.4 Å². The Morgan fingerprint density at radius 2 is 1.53 bits per heavy atom. The Hall–Kier alpha value is -3.01. The molecule has 0 heterocycles. The van der Waals surface area contributed by atoms with Crippen molar-refractivity contribution >= 4 is 46.0 Å². The molecule has 0 atom stereocenters. The molecule has 0 aromatic heterocycles. The van der Waals surface area contributed by atoms with Crippen LogP contribution in [0.2, 0.25) is 10.0 Å². The summed E-state index contributed by atoms with van der Waals surface area (Å²) in [5.74, 6) is 0. The van der Waals surface area contributed by atoms with E-state index in [1.54, 1.807) is 25.1 Å². The van der Waals surface area contributed by atoms with Crippen LogP contribution in [-0.2, 0) is 12.8 Å². The molecule has 3 aromatic rings. The van der Waals surface area contributed by atoms with Gasteiger partial charge in [-0.3, -0.25) is 0 Å². The predicted octanol–water partition coefficient (Wildman–Crippen LogP) is 9.53. The molecule has 3 aromatic carbocycles. The maximum atomic E-state index is 7.95. The van der Waals surface area contributed by atoms with Gasteiger partial charge < -0.3 is 16.0 Å². The van der Waals surface area contributed by atoms with E-state index in [2.05, 4.69) is 54.0 Å². The van der Waals surface area contributed by atoms with Crippen molar-refractivity contribution in [2.75, 3.05) is 10.6 Å². The Morgan fingerprint density at radius 1 is 0.889 bits per heavy atom. The molecule has 1 saturated carbocycles. The van der Waals surface area contributed by atoms with Crippen molar-refractivity contribution in [2.24, 2.45) is 0 Å². The zero-order chi connectivity index (χ0) is 25.5. The van der Waals surface area contributed by atoms with Gasteiger partial charge in [0.05, 0.1) is 5.02 Å². The second-order valence-corrected chi connectivity index (χ2v) is 10.2. The van der Waals surface area contributed by atoms with E-state index in [9.17, 15) is 0 Å². The summed E-state index contributed by atoms with van der Waals surface area (Å²) in [5, 5.41) is 16.2. The fraction of sp³-hybridized carbons (Fsp3) is 0.258. The molecule has 4 rings (SSSR count). The molecule has 0 aliphatic heterocycles. The van der Waals surface area contributed by atoms with Crippen LogP contribution in [0.1, 0.15) is 56.2 Å². The third kappa shape index (κ3) is 7.02. The first kappa shape index (κ1) is 26.1. The normalized spacial score (nSPS) is 13.2. The number of halogens is 2. The molecule has 0 unspecified atom stereocenters. The first-order chi connectivity index (χ1) is 17.4. The minimum atomic E-state index is 0.432. The Morgan fingerprint density at radius 3 is 2.08 bits per heavy atom. The van der Waals surface area contributed by atoms with E-state index in [0.29, 0.717) is 15.8 Å². The second-order valence-electron chi connectivity index (χ2n) is 9.37. The van der Waals surface area contributed by atoms with Crippen LogP contribution in [0.3, 0.4) is 0 Å². The molecule has 0 amide bonds. The van der Waals surface area contributed by atoms with E-state index < -0.39 is 0 Å². The van der Waals surface area contributed by atoms with Gasteiger partial charge in [-0.05, 0) is 92.3 Å². The molecule has 0 spiro atoms. The topological polar surface area (TPSA) is 47.9 Å². The van der Waals surface area contributed by atoms with Crippen molar-refractivity contribution in [1.82, 2.24) is 0 Å². The van der Waals surface area contributed by atoms with Crippen LogP contribution in [0.15, 0.2) is 84.1 Å². The van der Waals surface area contributed by atoms with Gasteiger partial charge in [-0.2, -0.15) is 0 Å². The zero-order valence-electron chi connectivity index (χ0n) is 20.9. The van der Waals surface area contributed by atoms with Crippen molar-refractivity contribution in [3.63, 3.8) is 0 Å². The third-order valence-corrected chi connectivity index (χ3v) is 6.92. The number of hydrogen-bond acceptors (Lipinski definition) is 3. The highest BCUT2D eigenvalue weighted by Gasteiger charge is 2.16. The molecule has 0 radical (unpaired) electrons. The summed E-state index contributed by atoms with van der Waals surface area (Å²) in [5.41, 5.74) is 9.57. The number of anilines is 2. The first-order valence-corrected chi connectivity index (χ1v) is 13.3. The fourth-order valence-electron chi connectivity index (χ4n) is 4.30. The summed E-state index contributed by atoms with van der Waals surface area (Å²) in [7, 11) is 0. The minimum absolute atomic E-state index is 0.432. The zero-order valence-corrected chi connectivity index (χ0v) is 22.4. The maximum absolute atomic E-state index is 7.95. The standard InChI is InChI=1S/C31H33Cl2N3/c1-3-5-22-8-10-23(11-9-22)19-30(24-6-4-7-24)35-26-13-15-27(16-14-26)36-31(18-21(2)34)28-17-12-25(32)20-29(28)33/h8-18,20,34-36H,3-7,19H2,1-2H3/b31-18-,34-21?. The molecular formula is C31H33Cl2N3. The summed E-state index contributed by atoms with van der Waals surface area (Å²) < 4.78 is 0. The first-order valence-electron chi connectivity index (χ1n) is 12.6. The third-order valence-electron chi connectivity index (χ3n) is 6.37. The van der Waals surface area contributed by atoms with Crippen molar-refractivity contribution in [1.29, 1.82) is 5.41 Å². The van der Waals surface area contributed by atoms with E-state index in [4.69, 9.17) is 28.6 Å². The Bertz CT molecular complexity index is 1270. The molecule has 0 saturated heterocycles. The summed E-state index contributed by atoms with van der Waals surface area (Å²) in [6, 6.07) is 22.7. The Labute approximate surface area is 224 Å². The SMILES string of the molecule is CCCc1ccc(CC(Nc2ccc(N/C(=C\C(C)=N)c3ccc(Cl)cc3Cl)cc2)=C2CCC2)cc1. The highest BCUT2D eigenvalue weighted by Crippen LogP contribution is 2.32. The Kier molecular flexibility index (Phi) is 8.90. The van der Waals surface area contributed by atoms with Gasteiger partial charge in [-0.1, -0.05) is 66.4 Å². The number of nitrogens with one attached hydrogen (secondary N) is 3. The molecule has 1 aliphatic carbocycles. The highest BCUT2D eigenvalue weighted by molar-refractivity contribution is 6.36. The lowest BCUT2D eigenvalue weighted by atomic mass is 9.88. The number of benzene rings is 3. The van der Waals surface area contributed by atoms with Crippen molar-refractivity contribution in [3.8, 4) is 0 Å². The molecule has 1 fully saturated rings. The summed E-state index contributed by atoms with van der Waals surface area (Å²) in [6.07, 6.45) is 8.62. The molecular weight excluding hydrogens is 485 g/mol. The van der Waals surface area contributed by atoms with Gasteiger partial charge in [-0.25, -0.2) is 0 Å². The molecule has 186 valence electrons. The molecule has 36 heavy (non-hydrogen) atoms. The average molecular weight is 519 g/mol. The summed E-state index contributed by atoms with van der Waals surface area (Å²) in [6.45, 7) is 3.96. The van der Waals surface area contributed by atoms with E-state index >= 15 is 0 Å². The largest absolute Gasteiger partial charge is 0.359 e. The number of hydrogen-bond donors (Lipinski definition) is 3. The fourth-order valence-corrected chi connectivity index (χ4v) is 4.81. The minimum Gasteiger partial charge on any atom is -0.359 e. The smallest absolute Gasteiger partial charge is 0.0514 e. The van der Waals surface area contributed by atoms with Gasteiger partial charge in [0, 0.05) is 45.5 Å². The van der Waals surface area contributed by atoms with Crippen molar-refractivity contribution in [3.05, 3.63) is 111 Å². The van der Waals surface area contributed by atoms with E-state index in [1.807, 2.05) is 18.2 Å². The van der Waals surface area contributed by atoms with Crippen LogP contribution >= 0.6 is 23.2 Å². The van der Waals surface area contributed by atoms with Crippen LogP contribution in [-0.4, -0.2) is 5.71 Å². The molecule has 1 aliphatic rings. The van der Waals surface area contributed by atoms with Crippen LogP contribution in [0, 0.1) is 5.41 Å². The van der Waals surface area contributed by atoms with Gasteiger partial charge >= 0.3 is 0 Å². The van der Waals surface area contributed by atoms with E-state index in [-0.39, 0.29) is 0 Å². The predicted molar refractivity (Wildman–Crippen MR) is 157 cm³/mol. The number of allylic oxidation sites excluding steroid dienone is 3. The summed E-state index contributed by atoms with van der Waals surface area (Å²) >= 11 is 12.5. The number of rotatable bonds is 10. The van der Waals surface area contributed by atoms with Crippen molar-refractivity contribution in [2.45, 2.75) is 52.4 Å². The molecule has 0 bridgehead atoms. The van der Waals surface area contributed by atoms with Gasteiger partial charge in [-0.15, -0.1) is 0 Å². The van der Waals surface area contributed by atoms with Gasteiger partial charge in [0.1, 0.15) is 0 Å². The van der Waals surface area contributed by atoms with Crippen molar-refractivity contribution < 1.29 is 0 Å². The van der Waals surface area contributed by atoms with Crippen LogP contribution < -0.4 is 10.6 Å². The van der Waals surface area contributed by atoms with Crippen LogP contribution in [0.5, 0.6) is 0 Å². The van der Waals surface area contributed by atoms with Gasteiger partial charge in [0.25, 0.3) is 0 Å². The highest BCUT2D eigenvalue weighted by atomic mass is 35.5. The Balaban J connectivity index is 1.48. The quantitative estimate of drug-likeness (QED) is 0.234. The van der Waals surface area contributed by atoms with Gasteiger partial charge in [0.2, 0.25) is 0 Å². The molecule has 5 heteroatoms. The average Bonchev–Trinajstić information content (AvgIpc) is 2.80. The lowest BCUT2D eigenvalue weighted by molar-refractivity contribution is 0.647. The second kappa shape index (κ2) is 12.3. The lowest BCUT2D eigenvalue weighted by Gasteiger charge is -2.24. The van der Waals surface area contributed by atoms with E-state index in [1.165, 1.54) is 48.1 Å². The van der Waals surface area contributed by atoms with Crippen LogP contribution in [0.25, 0.3) is 5.70 Å². The molecule has 3 N–H and O–H groups in total. The lowest BCUT2D eigenvalue weighted by Crippen LogP contribution is -2.12.